The van der Waals surface area contributed by atoms with Crippen molar-refractivity contribution in [2.45, 2.75) is 25.6 Å². The first-order chi connectivity index (χ1) is 6.48. The summed E-state index contributed by atoms with van der Waals surface area (Å²) in [5.74, 6) is -0.311. The molecule has 0 aliphatic heterocycles. The molecular weight excluding hydrogens is 183 g/mol. The smallest absolute Gasteiger partial charge is 0.123 e. The Bertz CT molecular complexity index is 293. The standard InChI is InChI=1S/C11H15FO2/c1-8(14-3)11(2,13)9-4-6-10(12)7-5-9/h4-8,13H,1-3H3. The molecule has 2 unspecified atom stereocenters. The number of rotatable bonds is 3. The highest BCUT2D eigenvalue weighted by molar-refractivity contribution is 5.23. The fourth-order valence-electron chi connectivity index (χ4n) is 1.25. The molecule has 1 N–H and O–H groups in total. The van der Waals surface area contributed by atoms with Gasteiger partial charge in [-0.25, -0.2) is 4.39 Å². The zero-order valence-electron chi connectivity index (χ0n) is 8.62. The monoisotopic (exact) mass is 198 g/mol. The van der Waals surface area contributed by atoms with Gasteiger partial charge in [-0.15, -0.1) is 0 Å². The summed E-state index contributed by atoms with van der Waals surface area (Å²) in [7, 11) is 1.53. The van der Waals surface area contributed by atoms with Crippen LogP contribution in [0.5, 0.6) is 0 Å². The van der Waals surface area contributed by atoms with Crippen molar-refractivity contribution in [3.05, 3.63) is 35.6 Å². The van der Waals surface area contributed by atoms with E-state index in [0.717, 1.165) is 0 Å². The molecule has 0 saturated heterocycles. The Kier molecular flexibility index (Phi) is 3.24. The lowest BCUT2D eigenvalue weighted by Gasteiger charge is -2.29. The van der Waals surface area contributed by atoms with Crippen molar-refractivity contribution in [2.24, 2.45) is 0 Å². The number of methoxy groups -OCH3 is 1. The average Bonchev–Trinajstić information content (AvgIpc) is 2.17. The van der Waals surface area contributed by atoms with E-state index in [-0.39, 0.29) is 11.9 Å². The van der Waals surface area contributed by atoms with Gasteiger partial charge in [-0.1, -0.05) is 12.1 Å². The third-order valence-electron chi connectivity index (χ3n) is 2.57. The average molecular weight is 198 g/mol. The van der Waals surface area contributed by atoms with Crippen LogP contribution in [0.3, 0.4) is 0 Å². The molecule has 3 heteroatoms. The Hall–Kier alpha value is -0.930. The van der Waals surface area contributed by atoms with Crippen molar-refractivity contribution in [2.75, 3.05) is 7.11 Å². The molecule has 0 amide bonds. The molecule has 0 aliphatic rings. The lowest BCUT2D eigenvalue weighted by atomic mass is 9.91. The van der Waals surface area contributed by atoms with E-state index in [2.05, 4.69) is 0 Å². The van der Waals surface area contributed by atoms with Crippen LogP contribution in [0.1, 0.15) is 19.4 Å². The van der Waals surface area contributed by atoms with Gasteiger partial charge < -0.3 is 9.84 Å². The van der Waals surface area contributed by atoms with E-state index in [1.807, 2.05) is 0 Å². The quantitative estimate of drug-likeness (QED) is 0.805. The first-order valence-electron chi connectivity index (χ1n) is 4.49. The number of ether oxygens (including phenoxy) is 1. The third kappa shape index (κ3) is 2.11. The lowest BCUT2D eigenvalue weighted by molar-refractivity contribution is -0.0772. The zero-order valence-corrected chi connectivity index (χ0v) is 8.62. The van der Waals surface area contributed by atoms with Gasteiger partial charge in [-0.05, 0) is 31.5 Å². The van der Waals surface area contributed by atoms with E-state index < -0.39 is 5.60 Å². The summed E-state index contributed by atoms with van der Waals surface area (Å²) in [5.41, 5.74) is -0.448. The largest absolute Gasteiger partial charge is 0.383 e. The van der Waals surface area contributed by atoms with Crippen LogP contribution in [0.2, 0.25) is 0 Å². The van der Waals surface area contributed by atoms with Gasteiger partial charge in [0.05, 0.1) is 6.10 Å². The number of halogens is 1. The molecule has 0 radical (unpaired) electrons. The van der Waals surface area contributed by atoms with E-state index in [0.29, 0.717) is 5.56 Å². The number of hydrogen-bond donors (Lipinski definition) is 1. The molecule has 0 bridgehead atoms. The van der Waals surface area contributed by atoms with Crippen LogP contribution in [0, 0.1) is 5.82 Å². The molecule has 0 saturated carbocycles. The highest BCUT2D eigenvalue weighted by Crippen LogP contribution is 2.26. The molecule has 0 aromatic heterocycles. The van der Waals surface area contributed by atoms with Crippen LogP contribution in [-0.4, -0.2) is 18.3 Å². The Morgan fingerprint density at radius 2 is 1.86 bits per heavy atom. The van der Waals surface area contributed by atoms with Gasteiger partial charge in [0.2, 0.25) is 0 Å². The van der Waals surface area contributed by atoms with Crippen LogP contribution in [0.15, 0.2) is 24.3 Å². The summed E-state index contributed by atoms with van der Waals surface area (Å²) < 4.78 is 17.7. The van der Waals surface area contributed by atoms with E-state index in [1.54, 1.807) is 26.0 Å². The fraction of sp³-hybridized carbons (Fsp3) is 0.455. The SMILES string of the molecule is COC(C)C(C)(O)c1ccc(F)cc1. The van der Waals surface area contributed by atoms with E-state index in [1.165, 1.54) is 19.2 Å². The summed E-state index contributed by atoms with van der Waals surface area (Å²) >= 11 is 0. The summed E-state index contributed by atoms with van der Waals surface area (Å²) in [6.45, 7) is 3.41. The summed E-state index contributed by atoms with van der Waals surface area (Å²) in [6.07, 6.45) is -0.340. The highest BCUT2D eigenvalue weighted by Gasteiger charge is 2.30. The molecule has 78 valence electrons. The van der Waals surface area contributed by atoms with Gasteiger partial charge >= 0.3 is 0 Å². The number of benzene rings is 1. The van der Waals surface area contributed by atoms with Crippen molar-refractivity contribution < 1.29 is 14.2 Å². The molecule has 0 spiro atoms. The summed E-state index contributed by atoms with van der Waals surface area (Å²) in [6, 6.07) is 5.77. The minimum absolute atomic E-state index is 0.311. The Morgan fingerprint density at radius 1 is 1.36 bits per heavy atom. The van der Waals surface area contributed by atoms with Gasteiger partial charge in [0.1, 0.15) is 11.4 Å². The second kappa shape index (κ2) is 4.07. The topological polar surface area (TPSA) is 29.5 Å². The maximum Gasteiger partial charge on any atom is 0.123 e. The Morgan fingerprint density at radius 3 is 2.29 bits per heavy atom. The zero-order chi connectivity index (χ0) is 10.8. The first kappa shape index (κ1) is 11.1. The van der Waals surface area contributed by atoms with Crippen LogP contribution in [-0.2, 0) is 10.3 Å². The summed E-state index contributed by atoms with van der Waals surface area (Å²) in [4.78, 5) is 0. The molecule has 0 aliphatic carbocycles. The van der Waals surface area contributed by atoms with E-state index >= 15 is 0 Å². The maximum atomic E-state index is 12.6. The van der Waals surface area contributed by atoms with Crippen molar-refractivity contribution in [3.63, 3.8) is 0 Å². The minimum atomic E-state index is -1.09. The molecule has 0 fully saturated rings. The van der Waals surface area contributed by atoms with Crippen molar-refractivity contribution in [3.8, 4) is 0 Å². The normalized spacial score (nSPS) is 17.5. The molecule has 2 nitrogen and oxygen atoms in total. The van der Waals surface area contributed by atoms with Crippen molar-refractivity contribution in [1.82, 2.24) is 0 Å². The molecule has 1 aromatic carbocycles. The van der Waals surface area contributed by atoms with Crippen molar-refractivity contribution >= 4 is 0 Å². The number of hydrogen-bond acceptors (Lipinski definition) is 2. The lowest BCUT2D eigenvalue weighted by Crippen LogP contribution is -2.35. The first-order valence-corrected chi connectivity index (χ1v) is 4.49. The second-order valence-electron chi connectivity index (χ2n) is 3.53. The van der Waals surface area contributed by atoms with E-state index in [9.17, 15) is 9.50 Å². The fourth-order valence-corrected chi connectivity index (χ4v) is 1.25. The maximum absolute atomic E-state index is 12.6. The van der Waals surface area contributed by atoms with Gasteiger partial charge in [-0.2, -0.15) is 0 Å². The third-order valence-corrected chi connectivity index (χ3v) is 2.57. The second-order valence-corrected chi connectivity index (χ2v) is 3.53. The molecule has 1 aromatic rings. The van der Waals surface area contributed by atoms with Gasteiger partial charge in [0.15, 0.2) is 0 Å². The number of aliphatic hydroxyl groups is 1. The minimum Gasteiger partial charge on any atom is -0.383 e. The van der Waals surface area contributed by atoms with Gasteiger partial charge in [-0.3, -0.25) is 0 Å². The van der Waals surface area contributed by atoms with Gasteiger partial charge in [0.25, 0.3) is 0 Å². The van der Waals surface area contributed by atoms with Gasteiger partial charge in [0, 0.05) is 7.11 Å². The van der Waals surface area contributed by atoms with Crippen LogP contribution in [0.25, 0.3) is 0 Å². The predicted octanol–water partition coefficient (Wildman–Crippen LogP) is 2.07. The van der Waals surface area contributed by atoms with E-state index in [4.69, 9.17) is 4.74 Å². The highest BCUT2D eigenvalue weighted by atomic mass is 19.1. The summed E-state index contributed by atoms with van der Waals surface area (Å²) in [5, 5.41) is 10.1. The van der Waals surface area contributed by atoms with Crippen LogP contribution >= 0.6 is 0 Å². The molecule has 2 atom stereocenters. The van der Waals surface area contributed by atoms with Crippen molar-refractivity contribution in [1.29, 1.82) is 0 Å². The predicted molar refractivity (Wildman–Crippen MR) is 52.4 cm³/mol. The van der Waals surface area contributed by atoms with Crippen LogP contribution in [0.4, 0.5) is 4.39 Å². The molecule has 0 heterocycles. The molecular formula is C11H15FO2. The molecule has 14 heavy (non-hydrogen) atoms. The Balaban J connectivity index is 2.97. The Labute approximate surface area is 83.3 Å². The molecule has 1 rings (SSSR count). The van der Waals surface area contributed by atoms with Crippen LogP contribution < -0.4 is 0 Å².